The molecule has 0 aliphatic carbocycles. The molecular formula is C10H18N2O5S. The highest BCUT2D eigenvalue weighted by atomic mass is 32.2. The van der Waals surface area contributed by atoms with Crippen molar-refractivity contribution in [2.24, 2.45) is 0 Å². The Morgan fingerprint density at radius 3 is 2.67 bits per heavy atom. The maximum absolute atomic E-state index is 12.1. The second kappa shape index (κ2) is 5.02. The van der Waals surface area contributed by atoms with E-state index in [0.717, 1.165) is 0 Å². The van der Waals surface area contributed by atoms with Crippen molar-refractivity contribution in [3.05, 3.63) is 0 Å². The number of sulfonamides is 1. The van der Waals surface area contributed by atoms with Gasteiger partial charge in [0.1, 0.15) is 0 Å². The number of rotatable bonds is 1. The minimum Gasteiger partial charge on any atom is -0.465 e. The standard InChI is InChI=1S/C10H18N2O5S/c13-7-9-6-11(10(14)15)8-2-1-5-18(16,17)12(9)4-3-8/h8-9,13H,1-7H2,(H,14,15). The van der Waals surface area contributed by atoms with E-state index in [1.165, 1.54) is 9.21 Å². The van der Waals surface area contributed by atoms with Crippen LogP contribution in [0.15, 0.2) is 0 Å². The van der Waals surface area contributed by atoms with Crippen molar-refractivity contribution in [3.63, 3.8) is 0 Å². The summed E-state index contributed by atoms with van der Waals surface area (Å²) < 4.78 is 25.4. The van der Waals surface area contributed by atoms with Crippen LogP contribution in [0.4, 0.5) is 4.79 Å². The molecule has 0 saturated carbocycles. The Morgan fingerprint density at radius 2 is 2.06 bits per heavy atom. The second-order valence-corrected chi connectivity index (χ2v) is 6.82. The fourth-order valence-corrected chi connectivity index (χ4v) is 4.49. The van der Waals surface area contributed by atoms with Crippen LogP contribution >= 0.6 is 0 Å². The van der Waals surface area contributed by atoms with Crippen molar-refractivity contribution in [2.45, 2.75) is 31.3 Å². The molecule has 0 radical (unpaired) electrons. The number of hydrogen-bond acceptors (Lipinski definition) is 4. The number of hydrogen-bond donors (Lipinski definition) is 2. The summed E-state index contributed by atoms with van der Waals surface area (Å²) in [6.45, 7) is -0.00648. The average molecular weight is 278 g/mol. The molecule has 1 amide bonds. The molecule has 0 aromatic heterocycles. The predicted molar refractivity (Wildman–Crippen MR) is 63.7 cm³/mol. The van der Waals surface area contributed by atoms with Crippen molar-refractivity contribution in [1.29, 1.82) is 0 Å². The SMILES string of the molecule is O=C(O)N1CC(CO)N2CCC1CCCS2(=O)=O. The van der Waals surface area contributed by atoms with Crippen LogP contribution in [0.1, 0.15) is 19.3 Å². The molecule has 2 bridgehead atoms. The fourth-order valence-electron chi connectivity index (χ4n) is 2.75. The van der Waals surface area contributed by atoms with E-state index in [1.54, 1.807) is 0 Å². The molecule has 3 atom stereocenters. The number of carboxylic acid groups (broad SMARTS) is 1. The predicted octanol–water partition coefficient (Wildman–Crippen LogP) is -0.475. The number of fused-ring (bicyclic) bond motifs is 3. The number of carbonyl (C=O) groups is 1. The van der Waals surface area contributed by atoms with Gasteiger partial charge in [0, 0.05) is 19.1 Å². The molecule has 2 heterocycles. The topological polar surface area (TPSA) is 98.1 Å². The molecule has 0 spiro atoms. The molecule has 2 saturated heterocycles. The van der Waals surface area contributed by atoms with Gasteiger partial charge in [-0.3, -0.25) is 0 Å². The lowest BCUT2D eigenvalue weighted by atomic mass is 10.1. The highest BCUT2D eigenvalue weighted by Gasteiger charge is 2.39. The third kappa shape index (κ3) is 2.45. The monoisotopic (exact) mass is 278 g/mol. The summed E-state index contributed by atoms with van der Waals surface area (Å²) in [6, 6.07) is -0.800. The minimum absolute atomic E-state index is 0.0352. The first-order valence-electron chi connectivity index (χ1n) is 6.05. The second-order valence-electron chi connectivity index (χ2n) is 4.78. The summed E-state index contributed by atoms with van der Waals surface area (Å²) in [7, 11) is -3.38. The lowest BCUT2D eigenvalue weighted by molar-refractivity contribution is 0.109. The van der Waals surface area contributed by atoms with Crippen LogP contribution in [-0.2, 0) is 10.0 Å². The van der Waals surface area contributed by atoms with E-state index in [4.69, 9.17) is 0 Å². The maximum Gasteiger partial charge on any atom is 0.407 e. The summed E-state index contributed by atoms with van der Waals surface area (Å²) >= 11 is 0. The molecule has 2 fully saturated rings. The fraction of sp³-hybridized carbons (Fsp3) is 0.900. The first-order valence-corrected chi connectivity index (χ1v) is 7.66. The van der Waals surface area contributed by atoms with E-state index >= 15 is 0 Å². The van der Waals surface area contributed by atoms with E-state index in [-0.39, 0.29) is 24.9 Å². The molecule has 2 N–H and O–H groups in total. The van der Waals surface area contributed by atoms with Gasteiger partial charge in [-0.25, -0.2) is 13.2 Å². The summed E-state index contributed by atoms with van der Waals surface area (Å²) in [5.41, 5.74) is 0. The number of aliphatic hydroxyl groups is 1. The number of nitrogens with zero attached hydrogens (tertiary/aromatic N) is 2. The van der Waals surface area contributed by atoms with Crippen LogP contribution < -0.4 is 0 Å². The van der Waals surface area contributed by atoms with Gasteiger partial charge >= 0.3 is 6.09 Å². The summed E-state index contributed by atoms with van der Waals surface area (Å²) in [6.07, 6.45) is 0.491. The quantitative estimate of drug-likeness (QED) is 0.675. The van der Waals surface area contributed by atoms with Crippen LogP contribution in [-0.4, -0.2) is 71.5 Å². The molecule has 2 aliphatic rings. The van der Waals surface area contributed by atoms with Crippen LogP contribution in [0, 0.1) is 0 Å². The molecule has 2 rings (SSSR count). The Hall–Kier alpha value is -0.860. The Morgan fingerprint density at radius 1 is 1.33 bits per heavy atom. The van der Waals surface area contributed by atoms with E-state index in [0.29, 0.717) is 25.8 Å². The summed E-state index contributed by atoms with van der Waals surface area (Å²) in [4.78, 5) is 12.5. The van der Waals surface area contributed by atoms with Crippen LogP contribution in [0.3, 0.4) is 0 Å². The molecule has 18 heavy (non-hydrogen) atoms. The molecule has 8 heteroatoms. The van der Waals surface area contributed by atoms with Crippen LogP contribution in [0.2, 0.25) is 0 Å². The van der Waals surface area contributed by atoms with Crippen molar-refractivity contribution < 1.29 is 23.4 Å². The molecule has 0 aromatic carbocycles. The largest absolute Gasteiger partial charge is 0.465 e. The number of aliphatic hydroxyl groups excluding tert-OH is 1. The van der Waals surface area contributed by atoms with E-state index in [1.807, 2.05) is 0 Å². The first kappa shape index (κ1) is 13.6. The van der Waals surface area contributed by atoms with Gasteiger partial charge in [0.25, 0.3) is 0 Å². The Labute approximate surface area is 106 Å². The lowest BCUT2D eigenvalue weighted by Crippen LogP contribution is -2.48. The molecule has 3 unspecified atom stereocenters. The van der Waals surface area contributed by atoms with Gasteiger partial charge in [0.15, 0.2) is 0 Å². The van der Waals surface area contributed by atoms with Gasteiger partial charge in [-0.05, 0) is 19.3 Å². The molecule has 0 aromatic rings. The normalized spacial score (nSPS) is 35.6. The van der Waals surface area contributed by atoms with E-state index < -0.39 is 22.2 Å². The van der Waals surface area contributed by atoms with Gasteiger partial charge in [0.05, 0.1) is 18.4 Å². The van der Waals surface area contributed by atoms with Crippen LogP contribution in [0.25, 0.3) is 0 Å². The number of amides is 1. The van der Waals surface area contributed by atoms with E-state index in [2.05, 4.69) is 0 Å². The van der Waals surface area contributed by atoms with Crippen molar-refractivity contribution in [2.75, 3.05) is 25.4 Å². The molecule has 2 aliphatic heterocycles. The first-order chi connectivity index (χ1) is 8.45. The van der Waals surface area contributed by atoms with Crippen molar-refractivity contribution in [3.8, 4) is 0 Å². The van der Waals surface area contributed by atoms with Gasteiger partial charge < -0.3 is 15.1 Å². The maximum atomic E-state index is 12.1. The van der Waals surface area contributed by atoms with Gasteiger partial charge in [-0.1, -0.05) is 0 Å². The third-order valence-electron chi connectivity index (χ3n) is 3.69. The Balaban J connectivity index is 2.35. The van der Waals surface area contributed by atoms with Crippen molar-refractivity contribution >= 4 is 16.1 Å². The zero-order chi connectivity index (χ0) is 13.3. The Kier molecular flexibility index (Phi) is 3.79. The summed E-state index contributed by atoms with van der Waals surface area (Å²) in [5, 5.41) is 18.5. The Bertz CT molecular complexity index is 424. The average Bonchev–Trinajstić information content (AvgIpc) is 2.44. The molecule has 104 valence electrons. The van der Waals surface area contributed by atoms with E-state index in [9.17, 15) is 23.4 Å². The van der Waals surface area contributed by atoms with Gasteiger partial charge in [-0.15, -0.1) is 0 Å². The summed E-state index contributed by atoms with van der Waals surface area (Å²) in [5.74, 6) is 0.0352. The van der Waals surface area contributed by atoms with Gasteiger partial charge in [-0.2, -0.15) is 4.31 Å². The van der Waals surface area contributed by atoms with Crippen molar-refractivity contribution in [1.82, 2.24) is 9.21 Å². The highest BCUT2D eigenvalue weighted by Crippen LogP contribution is 2.25. The zero-order valence-corrected chi connectivity index (χ0v) is 10.8. The molecule has 7 nitrogen and oxygen atoms in total. The lowest BCUT2D eigenvalue weighted by Gasteiger charge is -2.28. The zero-order valence-electron chi connectivity index (χ0n) is 10.0. The molecular weight excluding hydrogens is 260 g/mol. The third-order valence-corrected chi connectivity index (χ3v) is 5.69. The smallest absolute Gasteiger partial charge is 0.407 e. The van der Waals surface area contributed by atoms with Gasteiger partial charge in [0.2, 0.25) is 10.0 Å². The van der Waals surface area contributed by atoms with Crippen LogP contribution in [0.5, 0.6) is 0 Å². The minimum atomic E-state index is -3.38. The highest BCUT2D eigenvalue weighted by molar-refractivity contribution is 7.89.